The van der Waals surface area contributed by atoms with E-state index in [1.54, 1.807) is 10.8 Å². The summed E-state index contributed by atoms with van der Waals surface area (Å²) in [6.07, 6.45) is 4.62. The van der Waals surface area contributed by atoms with Gasteiger partial charge in [-0.2, -0.15) is 0 Å². The third-order valence-electron chi connectivity index (χ3n) is 5.48. The molecule has 0 atom stereocenters. The minimum absolute atomic E-state index is 0.0790. The first-order chi connectivity index (χ1) is 13.8. The largest absolute Gasteiger partial charge is 0.294 e. The Morgan fingerprint density at radius 1 is 0.893 bits per heavy atom. The Labute approximate surface area is 163 Å². The van der Waals surface area contributed by atoms with Crippen molar-refractivity contribution in [2.45, 2.75) is 26.1 Å². The molecule has 5 rings (SSSR count). The molecule has 0 fully saturated rings. The van der Waals surface area contributed by atoms with Crippen molar-refractivity contribution < 1.29 is 0 Å². The Hall–Kier alpha value is -3.18. The molecular weight excluding hydrogens is 348 g/mol. The van der Waals surface area contributed by atoms with Crippen LogP contribution in [0.4, 0.5) is 0 Å². The van der Waals surface area contributed by atoms with Gasteiger partial charge >= 0.3 is 0 Å². The first-order valence-electron chi connectivity index (χ1n) is 9.67. The Kier molecular flexibility index (Phi) is 4.29. The Morgan fingerprint density at radius 2 is 1.57 bits per heavy atom. The van der Waals surface area contributed by atoms with Gasteiger partial charge in [0, 0.05) is 44.1 Å². The van der Waals surface area contributed by atoms with Gasteiger partial charge in [0.15, 0.2) is 0 Å². The lowest BCUT2D eigenvalue weighted by atomic mass is 10.1. The summed E-state index contributed by atoms with van der Waals surface area (Å²) < 4.78 is 3.90. The van der Waals surface area contributed by atoms with Gasteiger partial charge in [-0.15, -0.1) is 0 Å². The van der Waals surface area contributed by atoms with Crippen molar-refractivity contribution in [1.29, 1.82) is 0 Å². The first kappa shape index (κ1) is 17.0. The van der Waals surface area contributed by atoms with Crippen molar-refractivity contribution in [2.75, 3.05) is 6.54 Å². The van der Waals surface area contributed by atoms with Crippen LogP contribution >= 0.6 is 0 Å². The lowest BCUT2D eigenvalue weighted by Gasteiger charge is -2.29. The molecule has 0 saturated heterocycles. The second-order valence-corrected chi connectivity index (χ2v) is 7.35. The molecule has 1 aliphatic heterocycles. The lowest BCUT2D eigenvalue weighted by Crippen LogP contribution is -2.38. The van der Waals surface area contributed by atoms with E-state index in [4.69, 9.17) is 0 Å². The summed E-state index contributed by atoms with van der Waals surface area (Å²) in [7, 11) is 0. The van der Waals surface area contributed by atoms with Gasteiger partial charge in [0.2, 0.25) is 5.78 Å². The van der Waals surface area contributed by atoms with Crippen molar-refractivity contribution >= 4 is 5.78 Å². The summed E-state index contributed by atoms with van der Waals surface area (Å²) in [5.74, 6) is 0.726. The minimum atomic E-state index is 0.0790. The molecule has 0 saturated carbocycles. The second kappa shape index (κ2) is 7.09. The van der Waals surface area contributed by atoms with E-state index in [9.17, 15) is 4.79 Å². The lowest BCUT2D eigenvalue weighted by molar-refractivity contribution is 0.240. The van der Waals surface area contributed by atoms with E-state index in [1.807, 2.05) is 42.6 Å². The predicted octanol–water partition coefficient (Wildman–Crippen LogP) is 3.10. The smallest absolute Gasteiger partial charge is 0.259 e. The molecule has 0 amide bonds. The number of benzene rings is 2. The number of aromatic nitrogens is 3. The highest BCUT2D eigenvalue weighted by Crippen LogP contribution is 2.20. The van der Waals surface area contributed by atoms with Crippen molar-refractivity contribution in [1.82, 2.24) is 18.9 Å². The van der Waals surface area contributed by atoms with Gasteiger partial charge in [-0.25, -0.2) is 4.98 Å². The molecule has 140 valence electrons. The predicted molar refractivity (Wildman–Crippen MR) is 109 cm³/mol. The van der Waals surface area contributed by atoms with Gasteiger partial charge < -0.3 is 0 Å². The van der Waals surface area contributed by atoms with Crippen molar-refractivity contribution in [3.05, 3.63) is 106 Å². The molecule has 0 N–H and O–H groups in total. The van der Waals surface area contributed by atoms with Gasteiger partial charge in [0.05, 0.1) is 12.1 Å². The average Bonchev–Trinajstić information content (AvgIpc) is 3.22. The number of hydrogen-bond donors (Lipinski definition) is 0. The fourth-order valence-corrected chi connectivity index (χ4v) is 4.11. The van der Waals surface area contributed by atoms with Crippen LogP contribution in [0, 0.1) is 0 Å². The number of nitrogens with zero attached hydrogens (tertiary/aromatic N) is 4. The van der Waals surface area contributed by atoms with Crippen LogP contribution in [0.15, 0.2) is 77.9 Å². The standard InChI is InChI=1S/C23H22N4O/c28-22-20-17-25(15-18-7-3-1-4-8-18)13-11-21(20)26-14-12-24-23(26)27(22)16-19-9-5-2-6-10-19/h1-10,12,14H,11,13,15-17H2. The van der Waals surface area contributed by atoms with E-state index in [1.165, 1.54) is 5.56 Å². The molecule has 0 aliphatic carbocycles. The van der Waals surface area contributed by atoms with Gasteiger partial charge in [-0.3, -0.25) is 18.7 Å². The zero-order valence-electron chi connectivity index (χ0n) is 15.7. The maximum absolute atomic E-state index is 13.4. The fraction of sp³-hybridized carbons (Fsp3) is 0.217. The molecule has 5 heteroatoms. The molecule has 0 radical (unpaired) electrons. The molecule has 3 heterocycles. The highest BCUT2D eigenvalue weighted by molar-refractivity contribution is 5.38. The molecule has 0 spiro atoms. The van der Waals surface area contributed by atoms with Crippen LogP contribution in [0.25, 0.3) is 5.78 Å². The number of rotatable bonds is 4. The minimum Gasteiger partial charge on any atom is -0.294 e. The third-order valence-corrected chi connectivity index (χ3v) is 5.48. The monoisotopic (exact) mass is 370 g/mol. The molecule has 0 unspecified atom stereocenters. The maximum Gasteiger partial charge on any atom is 0.259 e. The van der Waals surface area contributed by atoms with Gasteiger partial charge in [0.25, 0.3) is 5.56 Å². The summed E-state index contributed by atoms with van der Waals surface area (Å²) in [4.78, 5) is 20.2. The number of imidazole rings is 1. The van der Waals surface area contributed by atoms with Gasteiger partial charge in [-0.1, -0.05) is 60.7 Å². The Bertz CT molecular complexity index is 1160. The average molecular weight is 370 g/mol. The molecule has 1 aliphatic rings. The van der Waals surface area contributed by atoms with E-state index in [0.29, 0.717) is 13.1 Å². The summed E-state index contributed by atoms with van der Waals surface area (Å²) in [5, 5.41) is 0. The number of hydrogen-bond acceptors (Lipinski definition) is 3. The Morgan fingerprint density at radius 3 is 2.29 bits per heavy atom. The van der Waals surface area contributed by atoms with E-state index in [2.05, 4.69) is 38.6 Å². The van der Waals surface area contributed by atoms with Crippen LogP contribution in [0.2, 0.25) is 0 Å². The zero-order chi connectivity index (χ0) is 18.9. The van der Waals surface area contributed by atoms with E-state index < -0.39 is 0 Å². The summed E-state index contributed by atoms with van der Waals surface area (Å²) in [5.41, 5.74) is 4.45. The topological polar surface area (TPSA) is 42.5 Å². The normalized spacial score (nSPS) is 14.3. The van der Waals surface area contributed by atoms with Gasteiger partial charge in [-0.05, 0) is 11.1 Å². The molecule has 4 aromatic rings. The second-order valence-electron chi connectivity index (χ2n) is 7.35. The zero-order valence-corrected chi connectivity index (χ0v) is 15.7. The van der Waals surface area contributed by atoms with Crippen LogP contribution in [-0.2, 0) is 26.1 Å². The van der Waals surface area contributed by atoms with Crippen LogP contribution in [0.1, 0.15) is 22.4 Å². The summed E-state index contributed by atoms with van der Waals surface area (Å²) >= 11 is 0. The van der Waals surface area contributed by atoms with Crippen LogP contribution in [0.5, 0.6) is 0 Å². The molecule has 2 aromatic heterocycles. The molecule has 0 bridgehead atoms. The Balaban J connectivity index is 1.54. The van der Waals surface area contributed by atoms with Crippen molar-refractivity contribution in [3.63, 3.8) is 0 Å². The molecular formula is C23H22N4O. The first-order valence-corrected chi connectivity index (χ1v) is 9.67. The highest BCUT2D eigenvalue weighted by atomic mass is 16.1. The highest BCUT2D eigenvalue weighted by Gasteiger charge is 2.24. The molecule has 2 aromatic carbocycles. The van der Waals surface area contributed by atoms with Crippen LogP contribution < -0.4 is 5.56 Å². The van der Waals surface area contributed by atoms with Crippen molar-refractivity contribution in [2.24, 2.45) is 0 Å². The summed E-state index contributed by atoms with van der Waals surface area (Å²) in [6, 6.07) is 20.5. The number of fused-ring (bicyclic) bond motifs is 3. The van der Waals surface area contributed by atoms with E-state index in [0.717, 1.165) is 42.1 Å². The van der Waals surface area contributed by atoms with E-state index in [-0.39, 0.29) is 5.56 Å². The van der Waals surface area contributed by atoms with E-state index >= 15 is 0 Å². The van der Waals surface area contributed by atoms with Crippen LogP contribution in [0.3, 0.4) is 0 Å². The SMILES string of the molecule is O=c1c2c(n3ccnc3n1Cc1ccccc1)CCN(Cc1ccccc1)C2. The summed E-state index contributed by atoms with van der Waals surface area (Å²) in [6.45, 7) is 3.01. The fourth-order valence-electron chi connectivity index (χ4n) is 4.11. The quantitative estimate of drug-likeness (QED) is 0.554. The molecule has 28 heavy (non-hydrogen) atoms. The van der Waals surface area contributed by atoms with Crippen LogP contribution in [-0.4, -0.2) is 25.4 Å². The maximum atomic E-state index is 13.4. The molecule has 5 nitrogen and oxygen atoms in total. The van der Waals surface area contributed by atoms with Gasteiger partial charge in [0.1, 0.15) is 0 Å². The third kappa shape index (κ3) is 3.04. The van der Waals surface area contributed by atoms with Crippen molar-refractivity contribution in [3.8, 4) is 0 Å².